The number of amides is 2. The number of carbonyl (C=O) groups excluding carboxylic acids is 1. The highest BCUT2D eigenvalue weighted by Gasteiger charge is 2.25. The number of rotatable bonds is 3. The Morgan fingerprint density at radius 3 is 2.62 bits per heavy atom. The maximum Gasteiger partial charge on any atom is 0.343 e. The molecule has 1 aliphatic rings. The molecule has 2 heterocycles. The number of benzene rings is 1. The minimum Gasteiger partial charge on any atom is -0.324 e. The van der Waals surface area contributed by atoms with Gasteiger partial charge in [-0.3, -0.25) is 4.57 Å². The number of nitrogens with zero attached hydrogens (tertiary/aromatic N) is 3. The number of hydrogen-bond donors (Lipinski definition) is 2. The van der Waals surface area contributed by atoms with E-state index in [2.05, 4.69) is 15.5 Å². The number of halogens is 1. The van der Waals surface area contributed by atoms with Crippen molar-refractivity contribution in [3.8, 4) is 0 Å². The summed E-state index contributed by atoms with van der Waals surface area (Å²) in [7, 11) is -3.49. The zero-order valence-electron chi connectivity index (χ0n) is 14.0. The molecule has 26 heavy (non-hydrogen) atoms. The molecule has 2 amide bonds. The van der Waals surface area contributed by atoms with Gasteiger partial charge in [0.2, 0.25) is 0 Å². The number of aromatic amines is 1. The van der Waals surface area contributed by atoms with Crippen LogP contribution in [0.25, 0.3) is 0 Å². The summed E-state index contributed by atoms with van der Waals surface area (Å²) in [5, 5.41) is 8.87. The van der Waals surface area contributed by atoms with Crippen LogP contribution in [0.3, 0.4) is 0 Å². The summed E-state index contributed by atoms with van der Waals surface area (Å²) >= 11 is 5.91. The van der Waals surface area contributed by atoms with Crippen LogP contribution in [0, 0.1) is 0 Å². The lowest BCUT2D eigenvalue weighted by Crippen LogP contribution is -2.42. The molecule has 1 aromatic heterocycles. The SMILES string of the molecule is CS(=O)(=O)c1cc(NC(=O)N2CCC(n3cn[nH]c3=O)CC2)ccc1Cl. The van der Waals surface area contributed by atoms with Gasteiger partial charge in [-0.05, 0) is 31.0 Å². The highest BCUT2D eigenvalue weighted by molar-refractivity contribution is 7.90. The van der Waals surface area contributed by atoms with Gasteiger partial charge >= 0.3 is 11.7 Å². The lowest BCUT2D eigenvalue weighted by atomic mass is 10.1. The van der Waals surface area contributed by atoms with E-state index in [1.54, 1.807) is 11.0 Å². The standard InChI is InChI=1S/C15H18ClN5O4S/c1-26(24,25)13-8-10(2-3-12(13)16)18-14(22)20-6-4-11(5-7-20)21-9-17-19-15(21)23/h2-3,8-9,11H,4-7H2,1H3,(H,18,22)(H,19,23). The molecule has 0 atom stereocenters. The Hall–Kier alpha value is -2.33. The predicted octanol–water partition coefficient (Wildman–Crippen LogP) is 1.50. The van der Waals surface area contributed by atoms with E-state index in [9.17, 15) is 18.0 Å². The Morgan fingerprint density at radius 2 is 2.04 bits per heavy atom. The molecule has 0 radical (unpaired) electrons. The number of anilines is 1. The van der Waals surface area contributed by atoms with Gasteiger partial charge < -0.3 is 10.2 Å². The van der Waals surface area contributed by atoms with Crippen molar-refractivity contribution in [3.63, 3.8) is 0 Å². The average Bonchev–Trinajstić information content (AvgIpc) is 3.01. The molecule has 9 nitrogen and oxygen atoms in total. The topological polar surface area (TPSA) is 117 Å². The highest BCUT2D eigenvalue weighted by Crippen LogP contribution is 2.26. The number of hydrogen-bond acceptors (Lipinski definition) is 5. The van der Waals surface area contributed by atoms with E-state index in [4.69, 9.17) is 11.6 Å². The maximum absolute atomic E-state index is 12.4. The second-order valence-corrected chi connectivity index (χ2v) is 8.53. The number of urea groups is 1. The molecule has 140 valence electrons. The van der Waals surface area contributed by atoms with Crippen LogP contribution >= 0.6 is 11.6 Å². The summed E-state index contributed by atoms with van der Waals surface area (Å²) in [5.74, 6) is 0. The smallest absolute Gasteiger partial charge is 0.324 e. The molecule has 11 heteroatoms. The average molecular weight is 400 g/mol. The van der Waals surface area contributed by atoms with Gasteiger partial charge in [-0.1, -0.05) is 11.6 Å². The summed E-state index contributed by atoms with van der Waals surface area (Å²) in [6.45, 7) is 0.946. The van der Waals surface area contributed by atoms with Gasteiger partial charge in [0.25, 0.3) is 0 Å². The van der Waals surface area contributed by atoms with E-state index >= 15 is 0 Å². The molecule has 2 aromatic rings. The molecule has 0 unspecified atom stereocenters. The molecule has 1 aliphatic heterocycles. The minimum absolute atomic E-state index is 0.00216. The number of sulfone groups is 1. The van der Waals surface area contributed by atoms with Gasteiger partial charge in [-0.25, -0.2) is 23.1 Å². The van der Waals surface area contributed by atoms with Crippen LogP contribution in [0.2, 0.25) is 5.02 Å². The van der Waals surface area contributed by atoms with Gasteiger partial charge in [-0.2, -0.15) is 5.10 Å². The summed E-state index contributed by atoms with van der Waals surface area (Å²) < 4.78 is 25.0. The van der Waals surface area contributed by atoms with E-state index in [0.29, 0.717) is 31.6 Å². The van der Waals surface area contributed by atoms with Crippen LogP contribution in [0.1, 0.15) is 18.9 Å². The number of H-pyrrole nitrogens is 1. The largest absolute Gasteiger partial charge is 0.343 e. The van der Waals surface area contributed by atoms with Crippen LogP contribution < -0.4 is 11.0 Å². The lowest BCUT2D eigenvalue weighted by Gasteiger charge is -2.32. The molecule has 3 rings (SSSR count). The molecule has 0 spiro atoms. The summed E-state index contributed by atoms with van der Waals surface area (Å²) in [6.07, 6.45) is 3.77. The van der Waals surface area contributed by atoms with Crippen LogP contribution in [0.4, 0.5) is 10.5 Å². The van der Waals surface area contributed by atoms with Gasteiger partial charge in [-0.15, -0.1) is 0 Å². The van der Waals surface area contributed by atoms with E-state index in [0.717, 1.165) is 6.26 Å². The minimum atomic E-state index is -3.49. The summed E-state index contributed by atoms with van der Waals surface area (Å²) in [4.78, 5) is 25.6. The summed E-state index contributed by atoms with van der Waals surface area (Å²) in [6, 6.07) is 3.99. The van der Waals surface area contributed by atoms with Gasteiger partial charge in [0.05, 0.1) is 9.92 Å². The quantitative estimate of drug-likeness (QED) is 0.810. The zero-order valence-corrected chi connectivity index (χ0v) is 15.5. The van der Waals surface area contributed by atoms with Gasteiger partial charge in [0, 0.05) is 31.1 Å². The van der Waals surface area contributed by atoms with Gasteiger partial charge in [0.15, 0.2) is 9.84 Å². The summed E-state index contributed by atoms with van der Waals surface area (Å²) in [5.41, 5.74) is 0.0929. The van der Waals surface area contributed by atoms with Crippen molar-refractivity contribution in [2.45, 2.75) is 23.8 Å². The number of nitrogens with one attached hydrogen (secondary N) is 2. The Kier molecular flexibility index (Phi) is 5.05. The van der Waals surface area contributed by atoms with Crippen molar-refractivity contribution < 1.29 is 13.2 Å². The zero-order chi connectivity index (χ0) is 18.9. The second-order valence-electron chi connectivity index (χ2n) is 6.13. The normalized spacial score (nSPS) is 15.8. The monoisotopic (exact) mass is 399 g/mol. The van der Waals surface area contributed by atoms with E-state index in [1.807, 2.05) is 0 Å². The van der Waals surface area contributed by atoms with Crippen molar-refractivity contribution >= 4 is 33.2 Å². The van der Waals surface area contributed by atoms with Gasteiger partial charge in [0.1, 0.15) is 6.33 Å². The molecular weight excluding hydrogens is 382 g/mol. The van der Waals surface area contributed by atoms with Crippen molar-refractivity contribution in [3.05, 3.63) is 40.0 Å². The third-order valence-electron chi connectivity index (χ3n) is 4.30. The predicted molar refractivity (Wildman–Crippen MR) is 96.3 cm³/mol. The van der Waals surface area contributed by atoms with Crippen molar-refractivity contribution in [2.24, 2.45) is 0 Å². The lowest BCUT2D eigenvalue weighted by molar-refractivity contribution is 0.183. The first-order valence-corrected chi connectivity index (χ1v) is 10.2. The number of aromatic nitrogens is 3. The Balaban J connectivity index is 1.65. The van der Waals surface area contributed by atoms with Crippen molar-refractivity contribution in [1.82, 2.24) is 19.7 Å². The molecule has 1 fully saturated rings. The Labute approximate surface area is 154 Å². The van der Waals surface area contributed by atoms with E-state index in [-0.39, 0.29) is 27.7 Å². The first-order chi connectivity index (χ1) is 12.3. The van der Waals surface area contributed by atoms with Crippen LogP contribution in [-0.2, 0) is 9.84 Å². The number of carbonyl (C=O) groups is 1. The van der Waals surface area contributed by atoms with Crippen LogP contribution in [0.5, 0.6) is 0 Å². The van der Waals surface area contributed by atoms with Crippen molar-refractivity contribution in [1.29, 1.82) is 0 Å². The molecule has 1 saturated heterocycles. The second kappa shape index (κ2) is 7.12. The molecule has 0 bridgehead atoms. The fraction of sp³-hybridized carbons (Fsp3) is 0.400. The first kappa shape index (κ1) is 18.5. The molecule has 0 aliphatic carbocycles. The van der Waals surface area contributed by atoms with E-state index < -0.39 is 9.84 Å². The van der Waals surface area contributed by atoms with E-state index in [1.165, 1.54) is 23.0 Å². The first-order valence-electron chi connectivity index (χ1n) is 7.93. The Morgan fingerprint density at radius 1 is 1.35 bits per heavy atom. The third kappa shape index (κ3) is 3.91. The number of likely N-dealkylation sites (tertiary alicyclic amines) is 1. The highest BCUT2D eigenvalue weighted by atomic mass is 35.5. The Bertz CT molecular complexity index is 976. The van der Waals surface area contributed by atoms with Crippen molar-refractivity contribution in [2.75, 3.05) is 24.7 Å². The molecule has 0 saturated carbocycles. The van der Waals surface area contributed by atoms with Crippen LogP contribution in [-0.4, -0.2) is 53.5 Å². The molecular formula is C15H18ClN5O4S. The molecule has 2 N–H and O–H groups in total. The fourth-order valence-electron chi connectivity index (χ4n) is 2.93. The third-order valence-corrected chi connectivity index (χ3v) is 5.88. The van der Waals surface area contributed by atoms with Crippen LogP contribution in [0.15, 0.2) is 34.2 Å². The fourth-order valence-corrected chi connectivity index (χ4v) is 4.23. The number of piperidine rings is 1. The molecule has 1 aromatic carbocycles. The maximum atomic E-state index is 12.4.